The Hall–Kier alpha value is -1.07. The summed E-state index contributed by atoms with van der Waals surface area (Å²) in [7, 11) is 1.60. The molecule has 1 aliphatic rings. The number of hydrogen-bond donors (Lipinski definition) is 1. The van der Waals surface area contributed by atoms with Gasteiger partial charge < -0.3 is 15.0 Å². The van der Waals surface area contributed by atoms with Crippen molar-refractivity contribution >= 4 is 21.8 Å². The molecular formula is C16H23BrN2O2. The van der Waals surface area contributed by atoms with Gasteiger partial charge in [-0.05, 0) is 50.0 Å². The maximum absolute atomic E-state index is 12.6. The number of carbonyl (C=O) groups excluding carboxylic acids is 1. The van der Waals surface area contributed by atoms with Crippen molar-refractivity contribution in [1.82, 2.24) is 10.2 Å². The van der Waals surface area contributed by atoms with Crippen molar-refractivity contribution < 1.29 is 9.53 Å². The van der Waals surface area contributed by atoms with Gasteiger partial charge in [-0.25, -0.2) is 0 Å². The number of nitrogens with one attached hydrogen (secondary N) is 1. The molecule has 1 aliphatic heterocycles. The van der Waals surface area contributed by atoms with Crippen LogP contribution in [0.2, 0.25) is 0 Å². The maximum atomic E-state index is 12.6. The minimum atomic E-state index is 0.0706. The normalized spacial score (nSPS) is 16.0. The molecule has 0 aliphatic carbocycles. The smallest absolute Gasteiger partial charge is 0.257 e. The summed E-state index contributed by atoms with van der Waals surface area (Å²) in [5.74, 6) is 1.38. The third-order valence-electron chi connectivity index (χ3n) is 3.98. The average Bonchev–Trinajstić information content (AvgIpc) is 2.52. The van der Waals surface area contributed by atoms with Crippen molar-refractivity contribution in [2.75, 3.05) is 33.3 Å². The van der Waals surface area contributed by atoms with Crippen LogP contribution in [0.4, 0.5) is 0 Å². The molecule has 0 aromatic heterocycles. The summed E-state index contributed by atoms with van der Waals surface area (Å²) in [6.07, 6.45) is 2.13. The Labute approximate surface area is 135 Å². The zero-order valence-electron chi connectivity index (χ0n) is 12.7. The van der Waals surface area contributed by atoms with Gasteiger partial charge in [0.2, 0.25) is 0 Å². The zero-order valence-corrected chi connectivity index (χ0v) is 14.3. The predicted molar refractivity (Wildman–Crippen MR) is 87.9 cm³/mol. The Bertz CT molecular complexity index is 485. The van der Waals surface area contributed by atoms with Gasteiger partial charge in [-0.3, -0.25) is 4.79 Å². The topological polar surface area (TPSA) is 41.6 Å². The van der Waals surface area contributed by atoms with Crippen LogP contribution in [0.15, 0.2) is 22.7 Å². The molecule has 0 bridgehead atoms. The van der Waals surface area contributed by atoms with Gasteiger partial charge >= 0.3 is 0 Å². The van der Waals surface area contributed by atoms with E-state index in [9.17, 15) is 4.79 Å². The average molecular weight is 355 g/mol. The number of likely N-dealkylation sites (tertiary alicyclic amines) is 1. The van der Waals surface area contributed by atoms with E-state index in [-0.39, 0.29) is 5.91 Å². The van der Waals surface area contributed by atoms with E-state index >= 15 is 0 Å². The molecule has 1 N–H and O–H groups in total. The molecule has 2 rings (SSSR count). The SMILES string of the molecule is CCNCC1CCN(C(=O)c2ccc(Br)cc2OC)CC1. The molecule has 116 valence electrons. The van der Waals surface area contributed by atoms with Crippen molar-refractivity contribution in [3.63, 3.8) is 0 Å². The van der Waals surface area contributed by atoms with Crippen molar-refractivity contribution in [1.29, 1.82) is 0 Å². The monoisotopic (exact) mass is 354 g/mol. The number of carbonyl (C=O) groups is 1. The van der Waals surface area contributed by atoms with E-state index in [4.69, 9.17) is 4.74 Å². The van der Waals surface area contributed by atoms with Crippen molar-refractivity contribution in [3.8, 4) is 5.75 Å². The number of ether oxygens (including phenoxy) is 1. The molecule has 0 atom stereocenters. The third kappa shape index (κ3) is 4.20. The number of piperidine rings is 1. The maximum Gasteiger partial charge on any atom is 0.257 e. The quantitative estimate of drug-likeness (QED) is 0.883. The zero-order chi connectivity index (χ0) is 15.2. The Kier molecular flexibility index (Phi) is 6.06. The summed E-state index contributed by atoms with van der Waals surface area (Å²) in [6, 6.07) is 5.55. The lowest BCUT2D eigenvalue weighted by Crippen LogP contribution is -2.40. The number of hydrogen-bond acceptors (Lipinski definition) is 3. The van der Waals surface area contributed by atoms with Crippen LogP contribution < -0.4 is 10.1 Å². The molecule has 4 nitrogen and oxygen atoms in total. The first kappa shape index (κ1) is 16.3. The van der Waals surface area contributed by atoms with Gasteiger partial charge in [0.15, 0.2) is 0 Å². The molecule has 0 saturated carbocycles. The van der Waals surface area contributed by atoms with Crippen LogP contribution in [-0.2, 0) is 0 Å². The van der Waals surface area contributed by atoms with Crippen molar-refractivity contribution in [3.05, 3.63) is 28.2 Å². The van der Waals surface area contributed by atoms with E-state index in [0.717, 1.165) is 43.5 Å². The van der Waals surface area contributed by atoms with Crippen LogP contribution in [-0.4, -0.2) is 44.1 Å². The minimum Gasteiger partial charge on any atom is -0.496 e. The third-order valence-corrected chi connectivity index (χ3v) is 4.47. The number of methoxy groups -OCH3 is 1. The van der Waals surface area contributed by atoms with Gasteiger partial charge in [0.05, 0.1) is 12.7 Å². The second-order valence-electron chi connectivity index (χ2n) is 5.39. The van der Waals surface area contributed by atoms with E-state index < -0.39 is 0 Å². The Morgan fingerprint density at radius 3 is 2.76 bits per heavy atom. The summed E-state index contributed by atoms with van der Waals surface area (Å²) in [5.41, 5.74) is 0.644. The molecule has 1 heterocycles. The molecule has 1 aromatic carbocycles. The molecule has 1 saturated heterocycles. The molecule has 0 radical (unpaired) electrons. The van der Waals surface area contributed by atoms with Crippen LogP contribution in [0.25, 0.3) is 0 Å². The lowest BCUT2D eigenvalue weighted by Gasteiger charge is -2.32. The summed E-state index contributed by atoms with van der Waals surface area (Å²) in [5, 5.41) is 3.39. The fourth-order valence-corrected chi connectivity index (χ4v) is 3.04. The number of nitrogens with zero attached hydrogens (tertiary/aromatic N) is 1. The highest BCUT2D eigenvalue weighted by atomic mass is 79.9. The second kappa shape index (κ2) is 7.80. The van der Waals surface area contributed by atoms with Crippen LogP contribution >= 0.6 is 15.9 Å². The molecule has 1 fully saturated rings. The van der Waals surface area contributed by atoms with E-state index in [2.05, 4.69) is 28.2 Å². The molecule has 1 aromatic rings. The van der Waals surface area contributed by atoms with Gasteiger partial charge in [0.1, 0.15) is 5.75 Å². The largest absolute Gasteiger partial charge is 0.496 e. The second-order valence-corrected chi connectivity index (χ2v) is 6.30. The summed E-state index contributed by atoms with van der Waals surface area (Å²) in [6.45, 7) is 5.84. The van der Waals surface area contributed by atoms with Gasteiger partial charge in [-0.1, -0.05) is 22.9 Å². The first-order valence-corrected chi connectivity index (χ1v) is 8.28. The van der Waals surface area contributed by atoms with E-state index in [1.807, 2.05) is 23.1 Å². The van der Waals surface area contributed by atoms with Crippen LogP contribution in [0.5, 0.6) is 5.75 Å². The number of benzene rings is 1. The number of amides is 1. The van der Waals surface area contributed by atoms with Crippen molar-refractivity contribution in [2.45, 2.75) is 19.8 Å². The summed E-state index contributed by atoms with van der Waals surface area (Å²) < 4.78 is 6.24. The molecule has 1 amide bonds. The first-order chi connectivity index (χ1) is 10.2. The molecule has 5 heteroatoms. The fraction of sp³-hybridized carbons (Fsp3) is 0.562. The van der Waals surface area contributed by atoms with Crippen molar-refractivity contribution in [2.24, 2.45) is 5.92 Å². The summed E-state index contributed by atoms with van der Waals surface area (Å²) >= 11 is 3.40. The van der Waals surface area contributed by atoms with Gasteiger partial charge in [0, 0.05) is 17.6 Å². The lowest BCUT2D eigenvalue weighted by atomic mass is 9.96. The van der Waals surface area contributed by atoms with Crippen LogP contribution in [0, 0.1) is 5.92 Å². The molecular weight excluding hydrogens is 332 g/mol. The summed E-state index contributed by atoms with van der Waals surface area (Å²) in [4.78, 5) is 14.6. The van der Waals surface area contributed by atoms with E-state index in [1.165, 1.54) is 0 Å². The molecule has 0 spiro atoms. The molecule has 0 unspecified atom stereocenters. The molecule has 21 heavy (non-hydrogen) atoms. The van der Waals surface area contributed by atoms with Crippen LogP contribution in [0.1, 0.15) is 30.1 Å². The highest BCUT2D eigenvalue weighted by Gasteiger charge is 2.25. The number of halogens is 1. The Balaban J connectivity index is 1.99. The lowest BCUT2D eigenvalue weighted by molar-refractivity contribution is 0.0687. The number of rotatable bonds is 5. The fourth-order valence-electron chi connectivity index (χ4n) is 2.70. The van der Waals surface area contributed by atoms with Gasteiger partial charge in [0.25, 0.3) is 5.91 Å². The predicted octanol–water partition coefficient (Wildman–Crippen LogP) is 2.92. The minimum absolute atomic E-state index is 0.0706. The standard InChI is InChI=1S/C16H23BrN2O2/c1-3-18-11-12-6-8-19(9-7-12)16(20)14-5-4-13(17)10-15(14)21-2/h4-5,10,12,18H,3,6-9,11H2,1-2H3. The van der Waals surface area contributed by atoms with Gasteiger partial charge in [-0.2, -0.15) is 0 Å². The van der Waals surface area contributed by atoms with Gasteiger partial charge in [-0.15, -0.1) is 0 Å². The highest BCUT2D eigenvalue weighted by molar-refractivity contribution is 9.10. The van der Waals surface area contributed by atoms with E-state index in [0.29, 0.717) is 17.2 Å². The Morgan fingerprint density at radius 1 is 1.43 bits per heavy atom. The van der Waals surface area contributed by atoms with E-state index in [1.54, 1.807) is 7.11 Å². The Morgan fingerprint density at radius 2 is 2.14 bits per heavy atom. The van der Waals surface area contributed by atoms with Crippen LogP contribution in [0.3, 0.4) is 0 Å². The highest BCUT2D eigenvalue weighted by Crippen LogP contribution is 2.26. The first-order valence-electron chi connectivity index (χ1n) is 7.49.